The molecule has 0 aromatic carbocycles. The summed E-state index contributed by atoms with van der Waals surface area (Å²) < 4.78 is 12.0. The van der Waals surface area contributed by atoms with Gasteiger partial charge in [0, 0.05) is 38.4 Å². The molecule has 0 bridgehead atoms. The topological polar surface area (TPSA) is 51.7 Å². The molecular weight excluding hydrogens is 316 g/mol. The Labute approximate surface area is 150 Å². The molecular formula is C20H30N2O3. The van der Waals surface area contributed by atoms with E-state index in [1.54, 1.807) is 6.20 Å². The minimum Gasteiger partial charge on any atom is -0.478 e. The third kappa shape index (κ3) is 4.51. The van der Waals surface area contributed by atoms with Crippen molar-refractivity contribution < 1.29 is 14.3 Å². The third-order valence-electron chi connectivity index (χ3n) is 5.50. The van der Waals surface area contributed by atoms with Gasteiger partial charge < -0.3 is 14.4 Å². The second-order valence-corrected chi connectivity index (χ2v) is 7.68. The maximum atomic E-state index is 12.3. The lowest BCUT2D eigenvalue weighted by Crippen LogP contribution is -2.49. The van der Waals surface area contributed by atoms with Gasteiger partial charge in [-0.2, -0.15) is 0 Å². The maximum absolute atomic E-state index is 12.3. The van der Waals surface area contributed by atoms with E-state index in [1.807, 2.05) is 23.1 Å². The summed E-state index contributed by atoms with van der Waals surface area (Å²) in [4.78, 5) is 18.5. The summed E-state index contributed by atoms with van der Waals surface area (Å²) in [7, 11) is 0. The Bertz CT molecular complexity index is 553. The van der Waals surface area contributed by atoms with Crippen molar-refractivity contribution in [2.45, 2.75) is 51.6 Å². The molecule has 5 heteroatoms. The van der Waals surface area contributed by atoms with Crippen LogP contribution in [0.1, 0.15) is 46.0 Å². The highest BCUT2D eigenvalue weighted by atomic mass is 16.5. The van der Waals surface area contributed by atoms with E-state index in [4.69, 9.17) is 9.47 Å². The van der Waals surface area contributed by atoms with Gasteiger partial charge in [-0.3, -0.25) is 4.79 Å². The van der Waals surface area contributed by atoms with Crippen molar-refractivity contribution in [2.24, 2.45) is 11.8 Å². The molecule has 3 heterocycles. The fourth-order valence-corrected chi connectivity index (χ4v) is 4.10. The first-order chi connectivity index (χ1) is 12.1. The van der Waals surface area contributed by atoms with Gasteiger partial charge in [-0.1, -0.05) is 19.9 Å². The van der Waals surface area contributed by atoms with Gasteiger partial charge in [-0.25, -0.2) is 4.98 Å². The molecule has 0 aliphatic carbocycles. The van der Waals surface area contributed by atoms with Gasteiger partial charge in [0.15, 0.2) is 0 Å². The fraction of sp³-hybridized carbons (Fsp3) is 0.700. The van der Waals surface area contributed by atoms with Gasteiger partial charge in [0.05, 0.1) is 12.2 Å². The molecule has 0 N–H and O–H groups in total. The smallest absolute Gasteiger partial charge is 0.222 e. The molecule has 0 radical (unpaired) electrons. The largest absolute Gasteiger partial charge is 0.478 e. The molecule has 2 aliphatic rings. The summed E-state index contributed by atoms with van der Waals surface area (Å²) in [6.07, 6.45) is 6.37. The van der Waals surface area contributed by atoms with Gasteiger partial charge in [0.25, 0.3) is 0 Å². The van der Waals surface area contributed by atoms with E-state index >= 15 is 0 Å². The SMILES string of the molecule is CC(C)CC(=O)N1CCC2(CC1)OCC[C@H]2CCOc1ccccn1. The zero-order valence-electron chi connectivity index (χ0n) is 15.4. The van der Waals surface area contributed by atoms with Crippen LogP contribution in [0.25, 0.3) is 0 Å². The van der Waals surface area contributed by atoms with Crippen LogP contribution in [0.2, 0.25) is 0 Å². The van der Waals surface area contributed by atoms with Crippen LogP contribution in [-0.2, 0) is 9.53 Å². The van der Waals surface area contributed by atoms with Crippen molar-refractivity contribution in [3.63, 3.8) is 0 Å². The number of aromatic nitrogens is 1. The van der Waals surface area contributed by atoms with Crippen LogP contribution in [0, 0.1) is 11.8 Å². The van der Waals surface area contributed by atoms with E-state index < -0.39 is 0 Å². The minimum atomic E-state index is -0.0535. The Hall–Kier alpha value is -1.62. The summed E-state index contributed by atoms with van der Waals surface area (Å²) in [5.74, 6) is 1.91. The number of amides is 1. The number of nitrogens with zero attached hydrogens (tertiary/aromatic N) is 2. The molecule has 2 saturated heterocycles. The number of hydrogen-bond acceptors (Lipinski definition) is 4. The number of ether oxygens (including phenoxy) is 2. The van der Waals surface area contributed by atoms with E-state index in [0.29, 0.717) is 30.7 Å². The van der Waals surface area contributed by atoms with E-state index in [2.05, 4.69) is 18.8 Å². The summed E-state index contributed by atoms with van der Waals surface area (Å²) in [5, 5.41) is 0. The van der Waals surface area contributed by atoms with Crippen LogP contribution in [0.15, 0.2) is 24.4 Å². The summed E-state index contributed by atoms with van der Waals surface area (Å²) in [6.45, 7) is 7.34. The number of piperidine rings is 1. The molecule has 2 aliphatic heterocycles. The van der Waals surface area contributed by atoms with Crippen molar-refractivity contribution in [3.8, 4) is 5.88 Å². The van der Waals surface area contributed by atoms with Crippen LogP contribution in [0.4, 0.5) is 0 Å². The van der Waals surface area contributed by atoms with Gasteiger partial charge in [0.1, 0.15) is 0 Å². The molecule has 25 heavy (non-hydrogen) atoms. The normalized spacial score (nSPS) is 22.5. The van der Waals surface area contributed by atoms with E-state index in [0.717, 1.165) is 45.4 Å². The molecule has 5 nitrogen and oxygen atoms in total. The molecule has 1 atom stereocenters. The van der Waals surface area contributed by atoms with Crippen LogP contribution >= 0.6 is 0 Å². The molecule has 1 spiro atoms. The minimum absolute atomic E-state index is 0.0535. The zero-order chi connectivity index (χ0) is 17.7. The van der Waals surface area contributed by atoms with Crippen LogP contribution in [-0.4, -0.2) is 47.7 Å². The second-order valence-electron chi connectivity index (χ2n) is 7.68. The summed E-state index contributed by atoms with van der Waals surface area (Å²) in [6, 6.07) is 5.72. The van der Waals surface area contributed by atoms with E-state index in [1.165, 1.54) is 0 Å². The van der Waals surface area contributed by atoms with Gasteiger partial charge in [-0.05, 0) is 43.6 Å². The highest BCUT2D eigenvalue weighted by Gasteiger charge is 2.46. The standard InChI is InChI=1S/C20H30N2O3/c1-16(2)15-19(23)22-11-8-20(9-12-22)17(7-14-25-20)6-13-24-18-5-3-4-10-21-18/h3-5,10,16-17H,6-9,11-15H2,1-2H3/t17-/m1/s1. The first-order valence-corrected chi connectivity index (χ1v) is 9.55. The number of rotatable bonds is 6. The lowest BCUT2D eigenvalue weighted by Gasteiger charge is -2.42. The molecule has 3 rings (SSSR count). The average Bonchev–Trinajstić information content (AvgIpc) is 2.98. The number of hydrogen-bond donors (Lipinski definition) is 0. The average molecular weight is 346 g/mol. The van der Waals surface area contributed by atoms with Crippen LogP contribution in [0.3, 0.4) is 0 Å². The monoisotopic (exact) mass is 346 g/mol. The Morgan fingerprint density at radius 1 is 1.40 bits per heavy atom. The molecule has 1 amide bonds. The van der Waals surface area contributed by atoms with Crippen molar-refractivity contribution in [1.82, 2.24) is 9.88 Å². The van der Waals surface area contributed by atoms with E-state index in [-0.39, 0.29) is 11.5 Å². The Balaban J connectivity index is 1.49. The van der Waals surface area contributed by atoms with Gasteiger partial charge in [0.2, 0.25) is 11.8 Å². The number of carbonyl (C=O) groups is 1. The highest BCUT2D eigenvalue weighted by molar-refractivity contribution is 5.76. The first-order valence-electron chi connectivity index (χ1n) is 9.55. The van der Waals surface area contributed by atoms with Crippen LogP contribution in [0.5, 0.6) is 5.88 Å². The highest BCUT2D eigenvalue weighted by Crippen LogP contribution is 2.42. The Morgan fingerprint density at radius 2 is 2.20 bits per heavy atom. The lowest BCUT2D eigenvalue weighted by molar-refractivity contribution is -0.138. The van der Waals surface area contributed by atoms with Gasteiger partial charge in [-0.15, -0.1) is 0 Å². The van der Waals surface area contributed by atoms with Crippen molar-refractivity contribution >= 4 is 5.91 Å². The Kier molecular flexibility index (Phi) is 5.94. The first kappa shape index (κ1) is 18.2. The molecule has 0 unspecified atom stereocenters. The molecule has 2 fully saturated rings. The fourth-order valence-electron chi connectivity index (χ4n) is 4.10. The third-order valence-corrected chi connectivity index (χ3v) is 5.50. The second kappa shape index (κ2) is 8.17. The number of likely N-dealkylation sites (tertiary alicyclic amines) is 1. The molecule has 1 aromatic rings. The van der Waals surface area contributed by atoms with Crippen molar-refractivity contribution in [2.75, 3.05) is 26.3 Å². The molecule has 0 saturated carbocycles. The predicted molar refractivity (Wildman–Crippen MR) is 96.4 cm³/mol. The van der Waals surface area contributed by atoms with Crippen LogP contribution < -0.4 is 4.74 Å². The predicted octanol–water partition coefficient (Wildman–Crippen LogP) is 3.29. The molecule has 138 valence electrons. The maximum Gasteiger partial charge on any atom is 0.222 e. The lowest BCUT2D eigenvalue weighted by atomic mass is 9.78. The van der Waals surface area contributed by atoms with Gasteiger partial charge >= 0.3 is 0 Å². The summed E-state index contributed by atoms with van der Waals surface area (Å²) >= 11 is 0. The molecule has 1 aromatic heterocycles. The quantitative estimate of drug-likeness (QED) is 0.793. The zero-order valence-corrected chi connectivity index (χ0v) is 15.4. The van der Waals surface area contributed by atoms with Crippen molar-refractivity contribution in [3.05, 3.63) is 24.4 Å². The number of pyridine rings is 1. The van der Waals surface area contributed by atoms with E-state index in [9.17, 15) is 4.79 Å². The Morgan fingerprint density at radius 3 is 2.88 bits per heavy atom. The van der Waals surface area contributed by atoms with Crippen molar-refractivity contribution in [1.29, 1.82) is 0 Å². The number of carbonyl (C=O) groups excluding carboxylic acids is 1. The summed E-state index contributed by atoms with van der Waals surface area (Å²) in [5.41, 5.74) is -0.0535.